The van der Waals surface area contributed by atoms with E-state index in [9.17, 15) is 9.59 Å². The zero-order valence-electron chi connectivity index (χ0n) is 19.0. The lowest BCUT2D eigenvalue weighted by molar-refractivity contribution is -0.120. The van der Waals surface area contributed by atoms with E-state index in [1.165, 1.54) is 23.1 Å². The van der Waals surface area contributed by atoms with Gasteiger partial charge in [-0.25, -0.2) is 4.98 Å². The molecule has 5 rings (SSSR count). The molecule has 2 heterocycles. The third kappa shape index (κ3) is 5.06. The van der Waals surface area contributed by atoms with Crippen molar-refractivity contribution in [2.45, 2.75) is 23.9 Å². The molecule has 5 nitrogen and oxygen atoms in total. The molecule has 0 saturated carbocycles. The van der Waals surface area contributed by atoms with Crippen molar-refractivity contribution in [1.82, 2.24) is 14.9 Å². The van der Waals surface area contributed by atoms with Crippen LogP contribution < -0.4 is 10.9 Å². The van der Waals surface area contributed by atoms with Crippen LogP contribution in [0.5, 0.6) is 0 Å². The number of nitrogens with zero attached hydrogens (tertiary/aromatic N) is 2. The van der Waals surface area contributed by atoms with Gasteiger partial charge in [-0.15, -0.1) is 11.3 Å². The fraction of sp³-hybridized carbons (Fsp3) is 0.107. The molecule has 0 aliphatic carbocycles. The minimum atomic E-state index is -0.438. The molecule has 1 atom stereocenters. The Hall–Kier alpha value is -3.68. The Morgan fingerprint density at radius 2 is 1.60 bits per heavy atom. The number of aromatic nitrogens is 2. The number of benzene rings is 3. The van der Waals surface area contributed by atoms with Crippen LogP contribution in [0.1, 0.15) is 12.5 Å². The van der Waals surface area contributed by atoms with Gasteiger partial charge in [0, 0.05) is 11.4 Å². The maximum Gasteiger partial charge on any atom is 0.267 e. The summed E-state index contributed by atoms with van der Waals surface area (Å²) in [7, 11) is 0. The number of fused-ring (bicyclic) bond motifs is 1. The third-order valence-corrected chi connectivity index (χ3v) is 7.70. The molecule has 3 aromatic carbocycles. The summed E-state index contributed by atoms with van der Waals surface area (Å²) in [5, 5.41) is 3.62. The third-order valence-electron chi connectivity index (χ3n) is 5.57. The van der Waals surface area contributed by atoms with Crippen molar-refractivity contribution in [2.75, 3.05) is 0 Å². The van der Waals surface area contributed by atoms with Gasteiger partial charge in [-0.3, -0.25) is 14.2 Å². The molecular formula is C28H23N3O2S2. The lowest BCUT2D eigenvalue weighted by Gasteiger charge is -2.15. The molecule has 0 radical (unpaired) electrons. The fourth-order valence-electron chi connectivity index (χ4n) is 3.73. The zero-order chi connectivity index (χ0) is 24.2. The number of thiophene rings is 1. The molecule has 2 aromatic heterocycles. The second-order valence-electron chi connectivity index (χ2n) is 8.03. The number of para-hydroxylation sites is 1. The summed E-state index contributed by atoms with van der Waals surface area (Å²) in [6, 6.07) is 31.1. The molecule has 1 N–H and O–H groups in total. The summed E-state index contributed by atoms with van der Waals surface area (Å²) in [4.78, 5) is 33.1. The van der Waals surface area contributed by atoms with Crippen LogP contribution >= 0.6 is 23.1 Å². The summed E-state index contributed by atoms with van der Waals surface area (Å²) in [5.41, 5.74) is 2.66. The van der Waals surface area contributed by atoms with Crippen molar-refractivity contribution in [3.05, 3.63) is 113 Å². The van der Waals surface area contributed by atoms with E-state index in [2.05, 4.69) is 5.32 Å². The van der Waals surface area contributed by atoms with Crippen molar-refractivity contribution < 1.29 is 4.79 Å². The van der Waals surface area contributed by atoms with Crippen LogP contribution in [0.15, 0.2) is 107 Å². The number of amides is 1. The van der Waals surface area contributed by atoms with Gasteiger partial charge in [0.05, 0.1) is 16.3 Å². The first-order chi connectivity index (χ1) is 17.1. The first-order valence-electron chi connectivity index (χ1n) is 11.3. The van der Waals surface area contributed by atoms with Gasteiger partial charge in [0.2, 0.25) is 5.91 Å². The topological polar surface area (TPSA) is 64.0 Å². The van der Waals surface area contributed by atoms with E-state index in [0.29, 0.717) is 21.9 Å². The predicted molar refractivity (Wildman–Crippen MR) is 144 cm³/mol. The zero-order valence-corrected chi connectivity index (χ0v) is 20.7. The van der Waals surface area contributed by atoms with Crippen molar-refractivity contribution >= 4 is 39.2 Å². The van der Waals surface area contributed by atoms with Crippen LogP contribution in [0.4, 0.5) is 0 Å². The fourth-order valence-corrected chi connectivity index (χ4v) is 5.76. The summed E-state index contributed by atoms with van der Waals surface area (Å²) >= 11 is 2.78. The van der Waals surface area contributed by atoms with Gasteiger partial charge in [0.15, 0.2) is 5.16 Å². The van der Waals surface area contributed by atoms with Crippen molar-refractivity contribution in [3.63, 3.8) is 0 Å². The van der Waals surface area contributed by atoms with Crippen LogP contribution in [0.25, 0.3) is 26.3 Å². The molecule has 1 amide bonds. The highest BCUT2D eigenvalue weighted by Gasteiger charge is 2.21. The minimum Gasteiger partial charge on any atom is -0.351 e. The molecular weight excluding hydrogens is 474 g/mol. The highest BCUT2D eigenvalue weighted by atomic mass is 32.2. The molecule has 0 fully saturated rings. The quantitative estimate of drug-likeness (QED) is 0.224. The van der Waals surface area contributed by atoms with E-state index in [1.807, 2.05) is 104 Å². The largest absolute Gasteiger partial charge is 0.351 e. The molecule has 0 spiro atoms. The highest BCUT2D eigenvalue weighted by Crippen LogP contribution is 2.33. The first kappa shape index (κ1) is 23.1. The van der Waals surface area contributed by atoms with Crippen LogP contribution in [-0.2, 0) is 11.3 Å². The number of carbonyl (C=O) groups is 1. The van der Waals surface area contributed by atoms with Gasteiger partial charge in [-0.05, 0) is 36.2 Å². The van der Waals surface area contributed by atoms with Crippen molar-refractivity contribution in [1.29, 1.82) is 0 Å². The molecule has 35 heavy (non-hydrogen) atoms. The van der Waals surface area contributed by atoms with Crippen LogP contribution in [0.3, 0.4) is 0 Å². The molecule has 0 saturated heterocycles. The van der Waals surface area contributed by atoms with Gasteiger partial charge >= 0.3 is 0 Å². The Bertz CT molecular complexity index is 1510. The average molecular weight is 498 g/mol. The average Bonchev–Trinajstić information content (AvgIpc) is 3.34. The first-order valence-corrected chi connectivity index (χ1v) is 13.0. The van der Waals surface area contributed by atoms with E-state index < -0.39 is 5.25 Å². The van der Waals surface area contributed by atoms with Gasteiger partial charge in [0.1, 0.15) is 4.83 Å². The standard InChI is InChI=1S/C28H23N3O2S2/c1-19(25(32)29-18-20-11-5-2-6-12-20)34-28-30-26-23(17-24(35-26)21-13-7-3-8-14-21)27(33)31(28)22-15-9-4-10-16-22/h2-17,19H,18H2,1H3,(H,29,32). The summed E-state index contributed by atoms with van der Waals surface area (Å²) in [6.45, 7) is 2.29. The SMILES string of the molecule is CC(Sc1nc2sc(-c3ccccc3)cc2c(=O)n1-c1ccccc1)C(=O)NCc1ccccc1. The maximum absolute atomic E-state index is 13.7. The van der Waals surface area contributed by atoms with Crippen LogP contribution in [-0.4, -0.2) is 20.7 Å². The smallest absolute Gasteiger partial charge is 0.267 e. The number of rotatable bonds is 7. The maximum atomic E-state index is 13.7. The molecule has 174 valence electrons. The summed E-state index contributed by atoms with van der Waals surface area (Å²) < 4.78 is 1.61. The number of carbonyl (C=O) groups excluding carboxylic acids is 1. The molecule has 0 aliphatic heterocycles. The van der Waals surface area contributed by atoms with Crippen molar-refractivity contribution in [2.24, 2.45) is 0 Å². The normalized spacial score (nSPS) is 11.9. The molecule has 1 unspecified atom stereocenters. The van der Waals surface area contributed by atoms with E-state index in [-0.39, 0.29) is 11.5 Å². The number of thioether (sulfide) groups is 1. The van der Waals surface area contributed by atoms with Crippen LogP contribution in [0, 0.1) is 0 Å². The predicted octanol–water partition coefficient (Wildman–Crippen LogP) is 5.91. The van der Waals surface area contributed by atoms with E-state index >= 15 is 0 Å². The van der Waals surface area contributed by atoms with Gasteiger partial charge in [-0.1, -0.05) is 90.6 Å². The molecule has 0 aliphatic rings. The number of hydrogen-bond donors (Lipinski definition) is 1. The van der Waals surface area contributed by atoms with E-state index in [1.54, 1.807) is 4.57 Å². The van der Waals surface area contributed by atoms with Gasteiger partial charge in [-0.2, -0.15) is 0 Å². The summed E-state index contributed by atoms with van der Waals surface area (Å²) in [6.07, 6.45) is 0. The van der Waals surface area contributed by atoms with Gasteiger partial charge < -0.3 is 5.32 Å². The lowest BCUT2D eigenvalue weighted by Crippen LogP contribution is -2.31. The Kier molecular flexibility index (Phi) is 6.79. The molecule has 0 bridgehead atoms. The Morgan fingerprint density at radius 1 is 0.971 bits per heavy atom. The Labute approximate surface area is 211 Å². The number of hydrogen-bond acceptors (Lipinski definition) is 5. The lowest BCUT2D eigenvalue weighted by atomic mass is 10.2. The molecule has 7 heteroatoms. The molecule has 5 aromatic rings. The monoisotopic (exact) mass is 497 g/mol. The van der Waals surface area contributed by atoms with Crippen LogP contribution in [0.2, 0.25) is 0 Å². The number of nitrogens with one attached hydrogen (secondary N) is 1. The second-order valence-corrected chi connectivity index (χ2v) is 10.4. The minimum absolute atomic E-state index is 0.107. The summed E-state index contributed by atoms with van der Waals surface area (Å²) in [5.74, 6) is -0.107. The second kappa shape index (κ2) is 10.3. The van der Waals surface area contributed by atoms with Gasteiger partial charge in [0.25, 0.3) is 5.56 Å². The van der Waals surface area contributed by atoms with E-state index in [0.717, 1.165) is 21.7 Å². The highest BCUT2D eigenvalue weighted by molar-refractivity contribution is 8.00. The Balaban J connectivity index is 1.50. The Morgan fingerprint density at radius 3 is 2.29 bits per heavy atom. The van der Waals surface area contributed by atoms with E-state index in [4.69, 9.17) is 4.98 Å². The van der Waals surface area contributed by atoms with Crippen molar-refractivity contribution in [3.8, 4) is 16.1 Å².